The highest BCUT2D eigenvalue weighted by Crippen LogP contribution is 2.46. The third-order valence-electron chi connectivity index (χ3n) is 4.99. The van der Waals surface area contributed by atoms with Crippen molar-refractivity contribution in [3.05, 3.63) is 29.3 Å². The Hall–Kier alpha value is -1.51. The fraction of sp³-hybridized carbons (Fsp3) is 0.667. The molecule has 0 N–H and O–H groups in total. The minimum absolute atomic E-state index is 0.217. The first-order valence-corrected chi connectivity index (χ1v) is 9.32. The molecule has 0 radical (unpaired) electrons. The first-order chi connectivity index (χ1) is 11.3. The maximum Gasteiger partial charge on any atom is 0.351 e. The van der Waals surface area contributed by atoms with Crippen molar-refractivity contribution < 1.29 is 14.3 Å². The second kappa shape index (κ2) is 6.42. The normalized spacial score (nSPS) is 20.5. The topological polar surface area (TPSA) is 35.5 Å². The van der Waals surface area contributed by atoms with Gasteiger partial charge in [-0.15, -0.1) is 0 Å². The van der Waals surface area contributed by atoms with Crippen LogP contribution in [-0.2, 0) is 9.53 Å². The molecule has 132 valence electrons. The third kappa shape index (κ3) is 3.93. The molecule has 0 aliphatic heterocycles. The van der Waals surface area contributed by atoms with Crippen molar-refractivity contribution >= 4 is 5.97 Å². The summed E-state index contributed by atoms with van der Waals surface area (Å²) in [5.74, 6) is 1.24. The fourth-order valence-corrected chi connectivity index (χ4v) is 3.52. The molecule has 3 heteroatoms. The summed E-state index contributed by atoms with van der Waals surface area (Å²) in [4.78, 5) is 12.6. The van der Waals surface area contributed by atoms with Crippen molar-refractivity contribution in [1.82, 2.24) is 0 Å². The Balaban J connectivity index is 1.81. The van der Waals surface area contributed by atoms with Gasteiger partial charge < -0.3 is 9.47 Å². The quantitative estimate of drug-likeness (QED) is 0.703. The molecule has 2 aliphatic rings. The predicted octanol–water partition coefficient (Wildman–Crippen LogP) is 5.30. The van der Waals surface area contributed by atoms with E-state index in [1.165, 1.54) is 43.2 Å². The van der Waals surface area contributed by atoms with Gasteiger partial charge in [0.15, 0.2) is 0 Å². The summed E-state index contributed by atoms with van der Waals surface area (Å²) in [6.07, 6.45) is 7.85. The van der Waals surface area contributed by atoms with Crippen molar-refractivity contribution in [1.29, 1.82) is 0 Å². The highest BCUT2D eigenvalue weighted by Gasteiger charge is 2.55. The molecule has 0 spiro atoms. The summed E-state index contributed by atoms with van der Waals surface area (Å²) in [6.45, 7) is 7.79. The molecule has 3 rings (SSSR count). The number of aryl methyl sites for hydroxylation is 1. The molecule has 0 bridgehead atoms. The molecule has 2 saturated carbocycles. The van der Waals surface area contributed by atoms with Crippen LogP contribution < -0.4 is 4.74 Å². The molecule has 1 aromatic rings. The van der Waals surface area contributed by atoms with Gasteiger partial charge in [0.25, 0.3) is 0 Å². The summed E-state index contributed by atoms with van der Waals surface area (Å²) in [5, 5.41) is 0. The summed E-state index contributed by atoms with van der Waals surface area (Å²) in [6, 6.07) is 6.45. The molecule has 3 nitrogen and oxygen atoms in total. The van der Waals surface area contributed by atoms with Gasteiger partial charge in [-0.05, 0) is 63.6 Å². The standard InChI is InChI=1S/C21H30O3/c1-15-10-11-17(16-8-6-5-7-9-16)18(14-15)23-21(12-13-21)19(22)24-20(2,3)4/h10-11,14,16H,5-9,12-13H2,1-4H3. The van der Waals surface area contributed by atoms with Crippen molar-refractivity contribution in [2.45, 2.75) is 89.8 Å². The van der Waals surface area contributed by atoms with Gasteiger partial charge in [-0.2, -0.15) is 0 Å². The van der Waals surface area contributed by atoms with Gasteiger partial charge >= 0.3 is 5.97 Å². The van der Waals surface area contributed by atoms with Crippen molar-refractivity contribution in [3.8, 4) is 5.75 Å². The average Bonchev–Trinajstić information content (AvgIpc) is 3.27. The number of esters is 1. The maximum absolute atomic E-state index is 12.6. The molecule has 2 fully saturated rings. The predicted molar refractivity (Wildman–Crippen MR) is 95.4 cm³/mol. The van der Waals surface area contributed by atoms with Gasteiger partial charge in [0.1, 0.15) is 11.4 Å². The lowest BCUT2D eigenvalue weighted by molar-refractivity contribution is -0.165. The molecule has 0 unspecified atom stereocenters. The lowest BCUT2D eigenvalue weighted by Crippen LogP contribution is -2.37. The highest BCUT2D eigenvalue weighted by molar-refractivity contribution is 5.83. The SMILES string of the molecule is Cc1ccc(C2CCCCC2)c(OC2(C(=O)OC(C)(C)C)CC2)c1. The van der Waals surface area contributed by atoms with Gasteiger partial charge in [-0.1, -0.05) is 31.4 Å². The molecule has 0 heterocycles. The van der Waals surface area contributed by atoms with Crippen molar-refractivity contribution in [3.63, 3.8) is 0 Å². The van der Waals surface area contributed by atoms with Crippen molar-refractivity contribution in [2.75, 3.05) is 0 Å². The van der Waals surface area contributed by atoms with Crippen LogP contribution in [0.2, 0.25) is 0 Å². The van der Waals surface area contributed by atoms with Crippen LogP contribution in [0.1, 0.15) is 82.8 Å². The van der Waals surface area contributed by atoms with E-state index in [-0.39, 0.29) is 5.97 Å². The Morgan fingerprint density at radius 3 is 2.38 bits per heavy atom. The second-order valence-corrected chi connectivity index (χ2v) is 8.47. The molecule has 24 heavy (non-hydrogen) atoms. The van der Waals surface area contributed by atoms with E-state index in [1.807, 2.05) is 20.8 Å². The number of carbonyl (C=O) groups excluding carboxylic acids is 1. The van der Waals surface area contributed by atoms with E-state index in [2.05, 4.69) is 25.1 Å². The van der Waals surface area contributed by atoms with E-state index < -0.39 is 11.2 Å². The zero-order valence-electron chi connectivity index (χ0n) is 15.5. The maximum atomic E-state index is 12.6. The van der Waals surface area contributed by atoms with E-state index >= 15 is 0 Å². The van der Waals surface area contributed by atoms with Crippen LogP contribution in [0.3, 0.4) is 0 Å². The number of hydrogen-bond donors (Lipinski definition) is 0. The number of carbonyl (C=O) groups is 1. The van der Waals surface area contributed by atoms with Crippen LogP contribution in [0, 0.1) is 6.92 Å². The summed E-state index contributed by atoms with van der Waals surface area (Å²) < 4.78 is 11.9. The Morgan fingerprint density at radius 1 is 1.12 bits per heavy atom. The Bertz CT molecular complexity index is 602. The number of ether oxygens (including phenoxy) is 2. The molecule has 0 saturated heterocycles. The number of hydrogen-bond acceptors (Lipinski definition) is 3. The van der Waals surface area contributed by atoms with Crippen LogP contribution in [0.5, 0.6) is 5.75 Å². The Kier molecular flexibility index (Phi) is 4.63. The van der Waals surface area contributed by atoms with Crippen LogP contribution >= 0.6 is 0 Å². The summed E-state index contributed by atoms with van der Waals surface area (Å²) in [5.41, 5.74) is 1.21. The van der Waals surface area contributed by atoms with Crippen LogP contribution in [-0.4, -0.2) is 17.2 Å². The van der Waals surface area contributed by atoms with Crippen molar-refractivity contribution in [2.24, 2.45) is 0 Å². The summed E-state index contributed by atoms with van der Waals surface area (Å²) in [7, 11) is 0. The van der Waals surface area contributed by atoms with Gasteiger partial charge in [-0.3, -0.25) is 0 Å². The monoisotopic (exact) mass is 330 g/mol. The van der Waals surface area contributed by atoms with E-state index in [0.717, 1.165) is 18.6 Å². The fourth-order valence-electron chi connectivity index (χ4n) is 3.52. The minimum atomic E-state index is -0.759. The molecule has 0 amide bonds. The van der Waals surface area contributed by atoms with Crippen LogP contribution in [0.4, 0.5) is 0 Å². The first kappa shape index (κ1) is 17.3. The zero-order chi connectivity index (χ0) is 17.4. The van der Waals surface area contributed by atoms with Gasteiger partial charge in [-0.25, -0.2) is 4.79 Å². The van der Waals surface area contributed by atoms with E-state index in [1.54, 1.807) is 0 Å². The largest absolute Gasteiger partial charge is 0.475 e. The molecular formula is C21H30O3. The van der Waals surface area contributed by atoms with Gasteiger partial charge in [0.2, 0.25) is 5.60 Å². The minimum Gasteiger partial charge on any atom is -0.475 e. The number of benzene rings is 1. The number of rotatable bonds is 4. The molecule has 1 aromatic carbocycles. The van der Waals surface area contributed by atoms with Gasteiger partial charge in [0, 0.05) is 12.8 Å². The first-order valence-electron chi connectivity index (χ1n) is 9.32. The molecule has 0 aromatic heterocycles. The lowest BCUT2D eigenvalue weighted by atomic mass is 9.83. The lowest BCUT2D eigenvalue weighted by Gasteiger charge is -2.28. The van der Waals surface area contributed by atoms with Crippen LogP contribution in [0.15, 0.2) is 18.2 Å². The highest BCUT2D eigenvalue weighted by atomic mass is 16.6. The molecule has 2 aliphatic carbocycles. The smallest absolute Gasteiger partial charge is 0.351 e. The zero-order valence-corrected chi connectivity index (χ0v) is 15.5. The average molecular weight is 330 g/mol. The van der Waals surface area contributed by atoms with Crippen LogP contribution in [0.25, 0.3) is 0 Å². The summed E-state index contributed by atoms with van der Waals surface area (Å²) >= 11 is 0. The second-order valence-electron chi connectivity index (χ2n) is 8.47. The molecule has 0 atom stereocenters. The molecular weight excluding hydrogens is 300 g/mol. The Morgan fingerprint density at radius 2 is 1.79 bits per heavy atom. The van der Waals surface area contributed by atoms with Gasteiger partial charge in [0.05, 0.1) is 0 Å². The van der Waals surface area contributed by atoms with E-state index in [4.69, 9.17) is 9.47 Å². The third-order valence-corrected chi connectivity index (χ3v) is 4.99. The van der Waals surface area contributed by atoms with E-state index in [9.17, 15) is 4.79 Å². The van der Waals surface area contributed by atoms with E-state index in [0.29, 0.717) is 5.92 Å². The Labute approximate surface area is 145 Å².